The first-order chi connectivity index (χ1) is 8.14. The van der Waals surface area contributed by atoms with Crippen molar-refractivity contribution in [1.29, 1.82) is 0 Å². The molecule has 2 rings (SSSR count). The van der Waals surface area contributed by atoms with Crippen molar-refractivity contribution >= 4 is 51.7 Å². The van der Waals surface area contributed by atoms with Crippen LogP contribution in [0.3, 0.4) is 0 Å². The van der Waals surface area contributed by atoms with Gasteiger partial charge < -0.3 is 9.31 Å². The second-order valence-electron chi connectivity index (χ2n) is 5.38. The van der Waals surface area contributed by atoms with E-state index >= 15 is 0 Å². The fourth-order valence-corrected chi connectivity index (χ4v) is 2.64. The molecule has 2 nitrogen and oxygen atoms in total. The highest BCUT2D eigenvalue weighted by Gasteiger charge is 2.52. The van der Waals surface area contributed by atoms with Crippen LogP contribution in [0.1, 0.15) is 27.7 Å². The first-order valence-corrected chi connectivity index (χ1v) is 7.19. The second kappa shape index (κ2) is 4.67. The quantitative estimate of drug-likeness (QED) is 0.561. The van der Waals surface area contributed by atoms with Crippen LogP contribution >= 0.6 is 39.1 Å². The largest absolute Gasteiger partial charge is 0.496 e. The van der Waals surface area contributed by atoms with Crippen molar-refractivity contribution in [2.75, 3.05) is 0 Å². The van der Waals surface area contributed by atoms with E-state index < -0.39 is 7.12 Å². The number of hydrogen-bond acceptors (Lipinski definition) is 2. The van der Waals surface area contributed by atoms with Crippen molar-refractivity contribution in [3.63, 3.8) is 0 Å². The van der Waals surface area contributed by atoms with Gasteiger partial charge in [-0.15, -0.1) is 0 Å². The number of benzene rings is 1. The third kappa shape index (κ3) is 2.46. The van der Waals surface area contributed by atoms with Gasteiger partial charge in [0.25, 0.3) is 0 Å². The van der Waals surface area contributed by atoms with Crippen molar-refractivity contribution in [2.24, 2.45) is 0 Å². The average Bonchev–Trinajstić information content (AvgIpc) is 2.42. The SMILES string of the molecule is CC1(C)OB(c2cc(Cl)cc(Cl)c2Br)OC1(C)C. The molecule has 1 saturated heterocycles. The highest BCUT2D eigenvalue weighted by molar-refractivity contribution is 9.10. The molecule has 1 aliphatic rings. The molecule has 1 aromatic carbocycles. The van der Waals surface area contributed by atoms with Gasteiger partial charge in [-0.1, -0.05) is 23.2 Å². The summed E-state index contributed by atoms with van der Waals surface area (Å²) < 4.78 is 12.7. The van der Waals surface area contributed by atoms with E-state index in [0.717, 1.165) is 9.94 Å². The number of halogens is 3. The summed E-state index contributed by atoms with van der Waals surface area (Å²) in [4.78, 5) is 0. The van der Waals surface area contributed by atoms with E-state index in [1.807, 2.05) is 27.7 Å². The Balaban J connectivity index is 2.41. The molecule has 0 aromatic heterocycles. The first-order valence-electron chi connectivity index (χ1n) is 5.64. The minimum Gasteiger partial charge on any atom is -0.399 e. The van der Waals surface area contributed by atoms with Crippen molar-refractivity contribution < 1.29 is 9.31 Å². The van der Waals surface area contributed by atoms with Gasteiger partial charge in [0.2, 0.25) is 0 Å². The van der Waals surface area contributed by atoms with E-state index in [9.17, 15) is 0 Å². The molecule has 98 valence electrons. The Morgan fingerprint density at radius 3 is 2.06 bits per heavy atom. The lowest BCUT2D eigenvalue weighted by atomic mass is 9.79. The molecule has 0 bridgehead atoms. The molecule has 0 aliphatic carbocycles. The highest BCUT2D eigenvalue weighted by Crippen LogP contribution is 2.37. The van der Waals surface area contributed by atoms with Crippen LogP contribution in [0.25, 0.3) is 0 Å². The van der Waals surface area contributed by atoms with Gasteiger partial charge >= 0.3 is 7.12 Å². The van der Waals surface area contributed by atoms with Gasteiger partial charge in [0.1, 0.15) is 0 Å². The first kappa shape index (κ1) is 14.7. The Labute approximate surface area is 126 Å². The maximum Gasteiger partial charge on any atom is 0.496 e. The van der Waals surface area contributed by atoms with Crippen LogP contribution in [0.2, 0.25) is 10.0 Å². The maximum atomic E-state index is 6.10. The van der Waals surface area contributed by atoms with Crippen LogP contribution in [0.4, 0.5) is 0 Å². The van der Waals surface area contributed by atoms with E-state index in [1.54, 1.807) is 12.1 Å². The molecule has 1 aromatic rings. The Morgan fingerprint density at radius 2 is 1.56 bits per heavy atom. The standard InChI is InChI=1S/C12H14BBrCl2O2/c1-11(2)12(3,4)18-13(17-11)8-5-7(15)6-9(16)10(8)14/h5-6H,1-4H3. The summed E-state index contributed by atoms with van der Waals surface area (Å²) in [5, 5.41) is 1.11. The van der Waals surface area contributed by atoms with Crippen LogP contribution in [-0.4, -0.2) is 18.3 Å². The average molecular weight is 352 g/mol. The van der Waals surface area contributed by atoms with E-state index in [2.05, 4.69) is 15.9 Å². The van der Waals surface area contributed by atoms with Crippen molar-refractivity contribution in [3.05, 3.63) is 26.7 Å². The van der Waals surface area contributed by atoms with Gasteiger partial charge in [0, 0.05) is 9.50 Å². The van der Waals surface area contributed by atoms with Gasteiger partial charge in [-0.3, -0.25) is 0 Å². The van der Waals surface area contributed by atoms with Gasteiger partial charge in [-0.2, -0.15) is 0 Å². The fourth-order valence-electron chi connectivity index (χ4n) is 1.72. The summed E-state index contributed by atoms with van der Waals surface area (Å²) in [6.07, 6.45) is 0. The minimum atomic E-state index is -0.472. The summed E-state index contributed by atoms with van der Waals surface area (Å²) in [6.45, 7) is 8.03. The van der Waals surface area contributed by atoms with E-state index in [1.165, 1.54) is 0 Å². The molecule has 0 radical (unpaired) electrons. The lowest BCUT2D eigenvalue weighted by Gasteiger charge is -2.32. The molecule has 0 amide bonds. The molecule has 1 heterocycles. The zero-order chi connectivity index (χ0) is 13.7. The molecule has 18 heavy (non-hydrogen) atoms. The van der Waals surface area contributed by atoms with Crippen LogP contribution in [0, 0.1) is 0 Å². The van der Waals surface area contributed by atoms with Gasteiger partial charge in [0.15, 0.2) is 0 Å². The van der Waals surface area contributed by atoms with Crippen LogP contribution in [0.15, 0.2) is 16.6 Å². The number of rotatable bonds is 1. The summed E-state index contributed by atoms with van der Waals surface area (Å²) in [7, 11) is -0.472. The predicted octanol–water partition coefficient (Wildman–Crippen LogP) is 4.06. The molecule has 0 unspecified atom stereocenters. The van der Waals surface area contributed by atoms with Gasteiger partial charge in [0.05, 0.1) is 16.2 Å². The second-order valence-corrected chi connectivity index (χ2v) is 7.02. The summed E-state index contributed by atoms with van der Waals surface area (Å²) in [5.41, 5.74) is 0.0452. The van der Waals surface area contributed by atoms with Crippen LogP contribution in [-0.2, 0) is 9.31 Å². The lowest BCUT2D eigenvalue weighted by molar-refractivity contribution is 0.00578. The fraction of sp³-hybridized carbons (Fsp3) is 0.500. The van der Waals surface area contributed by atoms with E-state index in [4.69, 9.17) is 32.5 Å². The van der Waals surface area contributed by atoms with E-state index in [0.29, 0.717) is 10.0 Å². The minimum absolute atomic E-state index is 0.383. The Kier molecular flexibility index (Phi) is 3.81. The molecule has 0 N–H and O–H groups in total. The summed E-state index contributed by atoms with van der Waals surface area (Å²) in [5.74, 6) is 0. The molecule has 0 atom stereocenters. The van der Waals surface area contributed by atoms with Gasteiger partial charge in [-0.05, 0) is 61.2 Å². The van der Waals surface area contributed by atoms with Crippen LogP contribution < -0.4 is 5.46 Å². The topological polar surface area (TPSA) is 18.5 Å². The zero-order valence-corrected chi connectivity index (χ0v) is 13.8. The van der Waals surface area contributed by atoms with E-state index in [-0.39, 0.29) is 11.2 Å². The smallest absolute Gasteiger partial charge is 0.399 e. The zero-order valence-electron chi connectivity index (χ0n) is 10.7. The van der Waals surface area contributed by atoms with Crippen molar-refractivity contribution in [2.45, 2.75) is 38.9 Å². The third-order valence-electron chi connectivity index (χ3n) is 3.53. The molecule has 0 spiro atoms. The molecular weight excluding hydrogens is 338 g/mol. The molecule has 1 aliphatic heterocycles. The molecular formula is C12H14BBrCl2O2. The van der Waals surface area contributed by atoms with Crippen molar-refractivity contribution in [3.8, 4) is 0 Å². The molecule has 1 fully saturated rings. The third-order valence-corrected chi connectivity index (χ3v) is 5.16. The normalized spacial score (nSPS) is 21.4. The molecule has 6 heteroatoms. The Morgan fingerprint density at radius 1 is 1.06 bits per heavy atom. The Hall–Kier alpha value is 0.265. The highest BCUT2D eigenvalue weighted by atomic mass is 79.9. The molecule has 0 saturated carbocycles. The van der Waals surface area contributed by atoms with Gasteiger partial charge in [-0.25, -0.2) is 0 Å². The summed E-state index contributed by atoms with van der Waals surface area (Å²) in [6, 6.07) is 3.49. The number of hydrogen-bond donors (Lipinski definition) is 0. The van der Waals surface area contributed by atoms with Crippen molar-refractivity contribution in [1.82, 2.24) is 0 Å². The maximum absolute atomic E-state index is 6.10. The summed E-state index contributed by atoms with van der Waals surface area (Å²) >= 11 is 15.6. The monoisotopic (exact) mass is 350 g/mol. The predicted molar refractivity (Wildman–Crippen MR) is 79.9 cm³/mol. The van der Waals surface area contributed by atoms with Crippen LogP contribution in [0.5, 0.6) is 0 Å². The Bertz CT molecular complexity index is 475. The lowest BCUT2D eigenvalue weighted by Crippen LogP contribution is -2.41.